The zero-order valence-electron chi connectivity index (χ0n) is 10.6. The summed E-state index contributed by atoms with van der Waals surface area (Å²) in [5.41, 5.74) is 3.14. The monoisotopic (exact) mass is 378 g/mol. The Morgan fingerprint density at radius 3 is 2.19 bits per heavy atom. The summed E-state index contributed by atoms with van der Waals surface area (Å²) in [5, 5.41) is 0.465. The van der Waals surface area contributed by atoms with E-state index in [0.29, 0.717) is 16.1 Å². The fourth-order valence-corrected chi connectivity index (χ4v) is 2.75. The average Bonchev–Trinajstić information content (AvgIpc) is 2.41. The fourth-order valence-electron chi connectivity index (χ4n) is 1.97. The first-order valence-electron chi connectivity index (χ1n) is 5.91. The molecule has 1 unspecified atom stereocenters. The maximum absolute atomic E-state index is 12.6. The number of nitrogens with two attached hydrogens (primary N) is 1. The van der Waals surface area contributed by atoms with E-state index >= 15 is 0 Å². The summed E-state index contributed by atoms with van der Waals surface area (Å²) in [5.74, 6) is 5.53. The first-order chi connectivity index (χ1) is 9.82. The van der Waals surface area contributed by atoms with Crippen LogP contribution in [-0.2, 0) is 6.18 Å². The van der Waals surface area contributed by atoms with Crippen molar-refractivity contribution in [2.24, 2.45) is 5.84 Å². The standard InChI is InChI=1S/C14H11BrClF3N2/c15-10-5-6-11(12(16)7-10)13(21-20)8-1-3-9(4-2-8)14(17,18)19/h1-7,13,21H,20H2. The molecule has 2 aromatic carbocycles. The van der Waals surface area contributed by atoms with Crippen LogP contribution in [0.5, 0.6) is 0 Å². The maximum Gasteiger partial charge on any atom is 0.416 e. The smallest absolute Gasteiger partial charge is 0.271 e. The molecule has 0 saturated heterocycles. The van der Waals surface area contributed by atoms with E-state index in [1.54, 1.807) is 18.2 Å². The molecule has 2 rings (SSSR count). The van der Waals surface area contributed by atoms with Gasteiger partial charge in [0.15, 0.2) is 0 Å². The van der Waals surface area contributed by atoms with Crippen LogP contribution in [0.1, 0.15) is 22.7 Å². The van der Waals surface area contributed by atoms with Crippen molar-refractivity contribution in [2.45, 2.75) is 12.2 Å². The van der Waals surface area contributed by atoms with Gasteiger partial charge in [-0.15, -0.1) is 0 Å². The fraction of sp³-hybridized carbons (Fsp3) is 0.143. The molecule has 2 aromatic rings. The molecular formula is C14H11BrClF3N2. The molecule has 0 aliphatic carbocycles. The number of rotatable bonds is 3. The minimum atomic E-state index is -4.36. The van der Waals surface area contributed by atoms with E-state index in [1.807, 2.05) is 0 Å². The quantitative estimate of drug-likeness (QED) is 0.600. The van der Waals surface area contributed by atoms with Crippen molar-refractivity contribution in [3.8, 4) is 0 Å². The van der Waals surface area contributed by atoms with Gasteiger partial charge >= 0.3 is 6.18 Å². The highest BCUT2D eigenvalue weighted by Crippen LogP contribution is 2.33. The number of benzene rings is 2. The molecular weight excluding hydrogens is 369 g/mol. The summed E-state index contributed by atoms with van der Waals surface area (Å²) in [6.45, 7) is 0. The number of hydrogen-bond acceptors (Lipinski definition) is 2. The molecule has 21 heavy (non-hydrogen) atoms. The summed E-state index contributed by atoms with van der Waals surface area (Å²) in [6, 6.07) is 9.55. The van der Waals surface area contributed by atoms with Crippen molar-refractivity contribution in [1.82, 2.24) is 5.43 Å². The number of hydrogen-bond donors (Lipinski definition) is 2. The van der Waals surface area contributed by atoms with Crippen LogP contribution in [0, 0.1) is 0 Å². The first-order valence-corrected chi connectivity index (χ1v) is 7.08. The van der Waals surface area contributed by atoms with E-state index in [9.17, 15) is 13.2 Å². The number of hydrazine groups is 1. The lowest BCUT2D eigenvalue weighted by Crippen LogP contribution is -2.29. The van der Waals surface area contributed by atoms with E-state index in [2.05, 4.69) is 21.4 Å². The topological polar surface area (TPSA) is 38.0 Å². The van der Waals surface area contributed by atoms with Crippen molar-refractivity contribution < 1.29 is 13.2 Å². The van der Waals surface area contributed by atoms with Gasteiger partial charge in [0.2, 0.25) is 0 Å². The van der Waals surface area contributed by atoms with Crippen LogP contribution in [0.25, 0.3) is 0 Å². The van der Waals surface area contributed by atoms with Gasteiger partial charge in [-0.25, -0.2) is 5.43 Å². The normalized spacial score (nSPS) is 13.2. The van der Waals surface area contributed by atoms with Gasteiger partial charge in [-0.05, 0) is 35.4 Å². The Hall–Kier alpha value is -1.08. The molecule has 0 aliphatic rings. The van der Waals surface area contributed by atoms with Gasteiger partial charge in [0.05, 0.1) is 11.6 Å². The largest absolute Gasteiger partial charge is 0.416 e. The third-order valence-corrected chi connectivity index (χ3v) is 3.83. The van der Waals surface area contributed by atoms with E-state index < -0.39 is 17.8 Å². The highest BCUT2D eigenvalue weighted by atomic mass is 79.9. The molecule has 0 bridgehead atoms. The summed E-state index contributed by atoms with van der Waals surface area (Å²) >= 11 is 9.45. The molecule has 0 radical (unpaired) electrons. The zero-order chi connectivity index (χ0) is 15.6. The van der Waals surface area contributed by atoms with E-state index in [4.69, 9.17) is 17.4 Å². The maximum atomic E-state index is 12.6. The number of nitrogens with one attached hydrogen (secondary N) is 1. The second kappa shape index (κ2) is 6.36. The highest BCUT2D eigenvalue weighted by molar-refractivity contribution is 9.10. The van der Waals surface area contributed by atoms with Crippen LogP contribution >= 0.6 is 27.5 Å². The van der Waals surface area contributed by atoms with Crippen LogP contribution in [0.2, 0.25) is 5.02 Å². The third kappa shape index (κ3) is 3.77. The lowest BCUT2D eigenvalue weighted by molar-refractivity contribution is -0.137. The predicted octanol–water partition coefficient (Wildman–Crippen LogP) is 4.67. The van der Waals surface area contributed by atoms with Crippen molar-refractivity contribution in [2.75, 3.05) is 0 Å². The summed E-state index contributed by atoms with van der Waals surface area (Å²) in [4.78, 5) is 0. The van der Waals surface area contributed by atoms with Gasteiger partial charge in [0.1, 0.15) is 0 Å². The van der Waals surface area contributed by atoms with E-state index in [1.165, 1.54) is 12.1 Å². The Morgan fingerprint density at radius 2 is 1.71 bits per heavy atom. The third-order valence-electron chi connectivity index (χ3n) is 3.01. The molecule has 0 fully saturated rings. The minimum absolute atomic E-state index is 0.465. The van der Waals surface area contributed by atoms with Crippen molar-refractivity contribution in [3.05, 3.63) is 68.7 Å². The number of alkyl halides is 3. The molecule has 0 spiro atoms. The van der Waals surface area contributed by atoms with E-state index in [0.717, 1.165) is 16.6 Å². The Labute approximate surface area is 133 Å². The van der Waals surface area contributed by atoms with Gasteiger partial charge in [-0.1, -0.05) is 45.7 Å². The van der Waals surface area contributed by atoms with Gasteiger partial charge in [0.25, 0.3) is 0 Å². The molecule has 2 nitrogen and oxygen atoms in total. The lowest BCUT2D eigenvalue weighted by Gasteiger charge is -2.19. The molecule has 112 valence electrons. The van der Waals surface area contributed by atoms with Crippen LogP contribution in [-0.4, -0.2) is 0 Å². The summed E-state index contributed by atoms with van der Waals surface area (Å²) in [7, 11) is 0. The first kappa shape index (κ1) is 16.3. The number of halogens is 5. The zero-order valence-corrected chi connectivity index (χ0v) is 12.9. The summed E-state index contributed by atoms with van der Waals surface area (Å²) in [6.07, 6.45) is -4.36. The summed E-state index contributed by atoms with van der Waals surface area (Å²) < 4.78 is 38.5. The van der Waals surface area contributed by atoms with Crippen molar-refractivity contribution >= 4 is 27.5 Å². The SMILES string of the molecule is NNC(c1ccc(C(F)(F)F)cc1)c1ccc(Br)cc1Cl. The molecule has 0 aromatic heterocycles. The van der Waals surface area contributed by atoms with Gasteiger partial charge < -0.3 is 0 Å². The molecule has 1 atom stereocenters. The Balaban J connectivity index is 2.37. The second-order valence-electron chi connectivity index (χ2n) is 4.39. The van der Waals surface area contributed by atoms with Crippen LogP contribution < -0.4 is 11.3 Å². The van der Waals surface area contributed by atoms with Crippen molar-refractivity contribution in [1.29, 1.82) is 0 Å². The molecule has 7 heteroatoms. The lowest BCUT2D eigenvalue weighted by atomic mass is 9.98. The van der Waals surface area contributed by atoms with E-state index in [-0.39, 0.29) is 0 Å². The van der Waals surface area contributed by atoms with Gasteiger partial charge in [-0.2, -0.15) is 13.2 Å². The molecule has 3 N–H and O–H groups in total. The predicted molar refractivity (Wildman–Crippen MR) is 79.8 cm³/mol. The van der Waals surface area contributed by atoms with Crippen LogP contribution in [0.3, 0.4) is 0 Å². The Kier molecular flexibility index (Phi) is 4.93. The van der Waals surface area contributed by atoms with Crippen LogP contribution in [0.15, 0.2) is 46.9 Å². The van der Waals surface area contributed by atoms with Crippen molar-refractivity contribution in [3.63, 3.8) is 0 Å². The Morgan fingerprint density at radius 1 is 1.10 bits per heavy atom. The molecule has 0 aliphatic heterocycles. The van der Waals surface area contributed by atoms with Gasteiger partial charge in [-0.3, -0.25) is 5.84 Å². The Bertz CT molecular complexity index is 629. The molecule has 0 heterocycles. The van der Waals surface area contributed by atoms with Gasteiger partial charge in [0, 0.05) is 9.50 Å². The average molecular weight is 380 g/mol. The molecule has 0 saturated carbocycles. The second-order valence-corrected chi connectivity index (χ2v) is 5.71. The highest BCUT2D eigenvalue weighted by Gasteiger charge is 2.30. The minimum Gasteiger partial charge on any atom is -0.271 e. The molecule has 0 amide bonds. The van der Waals surface area contributed by atoms with Crippen LogP contribution in [0.4, 0.5) is 13.2 Å².